The molecule has 0 aromatic heterocycles. The lowest BCUT2D eigenvalue weighted by atomic mass is 9.95. The maximum absolute atomic E-state index is 6.09. The van der Waals surface area contributed by atoms with Gasteiger partial charge in [0.1, 0.15) is 0 Å². The van der Waals surface area contributed by atoms with E-state index in [-0.39, 0.29) is 6.04 Å². The van der Waals surface area contributed by atoms with Crippen LogP contribution < -0.4 is 5.73 Å². The van der Waals surface area contributed by atoms with E-state index in [0.29, 0.717) is 5.92 Å². The van der Waals surface area contributed by atoms with Crippen molar-refractivity contribution in [1.82, 2.24) is 4.90 Å². The zero-order chi connectivity index (χ0) is 10.1. The Morgan fingerprint density at radius 2 is 2.21 bits per heavy atom. The Labute approximate surface area is 93.2 Å². The van der Waals surface area contributed by atoms with Gasteiger partial charge in [0, 0.05) is 29.5 Å². The average Bonchev–Trinajstić information content (AvgIpc) is 2.45. The van der Waals surface area contributed by atoms with Crippen LogP contribution in [0.4, 0.5) is 0 Å². The van der Waals surface area contributed by atoms with Crippen LogP contribution in [0.25, 0.3) is 0 Å². The molecule has 0 radical (unpaired) electrons. The second-order valence-electron chi connectivity index (χ2n) is 4.05. The molecule has 2 rings (SSSR count). The van der Waals surface area contributed by atoms with E-state index in [4.69, 9.17) is 5.73 Å². The van der Waals surface area contributed by atoms with Gasteiger partial charge >= 0.3 is 0 Å². The van der Waals surface area contributed by atoms with Crippen LogP contribution in [-0.4, -0.2) is 31.1 Å². The second-order valence-corrected chi connectivity index (χ2v) is 4.96. The summed E-state index contributed by atoms with van der Waals surface area (Å²) in [6.07, 6.45) is 0. The van der Waals surface area contributed by atoms with Crippen LogP contribution in [0, 0.1) is 0 Å². The summed E-state index contributed by atoms with van der Waals surface area (Å²) in [5.74, 6) is 0.484. The quantitative estimate of drug-likeness (QED) is 0.829. The summed E-state index contributed by atoms with van der Waals surface area (Å²) >= 11 is 3.49. The van der Waals surface area contributed by atoms with Gasteiger partial charge in [0.25, 0.3) is 0 Å². The van der Waals surface area contributed by atoms with E-state index < -0.39 is 0 Å². The predicted molar refractivity (Wildman–Crippen MR) is 62.4 cm³/mol. The highest BCUT2D eigenvalue weighted by molar-refractivity contribution is 9.10. The zero-order valence-electron chi connectivity index (χ0n) is 8.28. The maximum Gasteiger partial charge on any atom is 0.0249 e. The number of halogens is 1. The molecule has 0 unspecified atom stereocenters. The Morgan fingerprint density at radius 3 is 2.79 bits per heavy atom. The first-order chi connectivity index (χ1) is 6.66. The smallest absolute Gasteiger partial charge is 0.0249 e. The van der Waals surface area contributed by atoms with Crippen LogP contribution in [0.15, 0.2) is 28.7 Å². The standard InChI is InChI=1S/C11H15BrN2/c1-14-6-10(11(13)7-14)8-3-2-4-9(12)5-8/h2-5,10-11H,6-7,13H2,1H3/t10-,11-/m0/s1. The van der Waals surface area contributed by atoms with E-state index in [0.717, 1.165) is 17.6 Å². The Morgan fingerprint density at radius 1 is 1.43 bits per heavy atom. The van der Waals surface area contributed by atoms with Crippen molar-refractivity contribution in [1.29, 1.82) is 0 Å². The fourth-order valence-corrected chi connectivity index (χ4v) is 2.54. The summed E-state index contributed by atoms with van der Waals surface area (Å²) in [7, 11) is 2.12. The van der Waals surface area contributed by atoms with E-state index in [1.54, 1.807) is 0 Å². The summed E-state index contributed by atoms with van der Waals surface area (Å²) < 4.78 is 1.14. The summed E-state index contributed by atoms with van der Waals surface area (Å²) in [4.78, 5) is 2.29. The van der Waals surface area contributed by atoms with Gasteiger partial charge in [-0.3, -0.25) is 0 Å². The third-order valence-electron chi connectivity index (χ3n) is 2.82. The van der Waals surface area contributed by atoms with Crippen molar-refractivity contribution >= 4 is 15.9 Å². The molecular weight excluding hydrogens is 240 g/mol. The molecule has 1 aliphatic heterocycles. The number of rotatable bonds is 1. The Hall–Kier alpha value is -0.380. The molecule has 76 valence electrons. The van der Waals surface area contributed by atoms with Crippen molar-refractivity contribution in [3.05, 3.63) is 34.3 Å². The van der Waals surface area contributed by atoms with Crippen LogP contribution >= 0.6 is 15.9 Å². The molecule has 1 saturated heterocycles. The molecule has 1 aliphatic rings. The fourth-order valence-electron chi connectivity index (χ4n) is 2.12. The second kappa shape index (κ2) is 4.01. The SMILES string of the molecule is CN1C[C@H](N)[C@H](c2cccc(Br)c2)C1. The molecule has 0 saturated carbocycles. The molecule has 0 bridgehead atoms. The number of hydrogen-bond acceptors (Lipinski definition) is 2. The minimum Gasteiger partial charge on any atom is -0.326 e. The Bertz CT molecular complexity index is 327. The number of benzene rings is 1. The third kappa shape index (κ3) is 2.00. The minimum absolute atomic E-state index is 0.272. The van der Waals surface area contributed by atoms with Gasteiger partial charge < -0.3 is 10.6 Å². The molecule has 0 spiro atoms. The third-order valence-corrected chi connectivity index (χ3v) is 3.32. The van der Waals surface area contributed by atoms with Crippen molar-refractivity contribution in [3.8, 4) is 0 Å². The van der Waals surface area contributed by atoms with Crippen LogP contribution in [0.2, 0.25) is 0 Å². The van der Waals surface area contributed by atoms with Gasteiger partial charge in [0.15, 0.2) is 0 Å². The van der Waals surface area contributed by atoms with Crippen LogP contribution in [0.1, 0.15) is 11.5 Å². The van der Waals surface area contributed by atoms with Crippen molar-refractivity contribution in [2.45, 2.75) is 12.0 Å². The molecule has 14 heavy (non-hydrogen) atoms. The topological polar surface area (TPSA) is 29.3 Å². The maximum atomic E-state index is 6.09. The van der Waals surface area contributed by atoms with Gasteiger partial charge in [-0.25, -0.2) is 0 Å². The number of likely N-dealkylation sites (tertiary alicyclic amines) is 1. The number of nitrogens with two attached hydrogens (primary N) is 1. The van der Waals surface area contributed by atoms with Crippen LogP contribution in [0.3, 0.4) is 0 Å². The molecule has 0 amide bonds. The fraction of sp³-hybridized carbons (Fsp3) is 0.455. The molecule has 1 aromatic rings. The van der Waals surface area contributed by atoms with E-state index in [9.17, 15) is 0 Å². The Balaban J connectivity index is 2.23. The van der Waals surface area contributed by atoms with Crippen molar-refractivity contribution < 1.29 is 0 Å². The molecule has 1 aromatic carbocycles. The minimum atomic E-state index is 0.272. The predicted octanol–water partition coefficient (Wildman–Crippen LogP) is 1.81. The van der Waals surface area contributed by atoms with Gasteiger partial charge in [0.05, 0.1) is 0 Å². The summed E-state index contributed by atoms with van der Waals surface area (Å²) in [5, 5.41) is 0. The van der Waals surface area contributed by atoms with Gasteiger partial charge in [-0.15, -0.1) is 0 Å². The highest BCUT2D eigenvalue weighted by atomic mass is 79.9. The van der Waals surface area contributed by atoms with Crippen LogP contribution in [0.5, 0.6) is 0 Å². The first-order valence-electron chi connectivity index (χ1n) is 4.86. The summed E-state index contributed by atoms with van der Waals surface area (Å²) in [5.41, 5.74) is 7.44. The molecule has 3 heteroatoms. The van der Waals surface area contributed by atoms with Gasteiger partial charge in [0.2, 0.25) is 0 Å². The van der Waals surface area contributed by atoms with Crippen molar-refractivity contribution in [2.24, 2.45) is 5.73 Å². The molecule has 1 heterocycles. The lowest BCUT2D eigenvalue weighted by Gasteiger charge is -2.14. The molecule has 2 nitrogen and oxygen atoms in total. The number of likely N-dealkylation sites (N-methyl/N-ethyl adjacent to an activating group) is 1. The van der Waals surface area contributed by atoms with E-state index in [2.05, 4.69) is 46.1 Å². The van der Waals surface area contributed by atoms with Crippen molar-refractivity contribution in [3.63, 3.8) is 0 Å². The highest BCUT2D eigenvalue weighted by Crippen LogP contribution is 2.27. The lowest BCUT2D eigenvalue weighted by molar-refractivity contribution is 0.407. The highest BCUT2D eigenvalue weighted by Gasteiger charge is 2.28. The van der Waals surface area contributed by atoms with Gasteiger partial charge in [-0.2, -0.15) is 0 Å². The zero-order valence-corrected chi connectivity index (χ0v) is 9.87. The van der Waals surface area contributed by atoms with E-state index >= 15 is 0 Å². The molecule has 0 aliphatic carbocycles. The summed E-state index contributed by atoms with van der Waals surface area (Å²) in [6.45, 7) is 2.06. The Kier molecular flexibility index (Phi) is 2.91. The molecule has 2 N–H and O–H groups in total. The summed E-state index contributed by atoms with van der Waals surface area (Å²) in [6, 6.07) is 8.73. The van der Waals surface area contributed by atoms with E-state index in [1.165, 1.54) is 5.56 Å². The first-order valence-corrected chi connectivity index (χ1v) is 5.65. The van der Waals surface area contributed by atoms with Crippen LogP contribution in [-0.2, 0) is 0 Å². The van der Waals surface area contributed by atoms with Gasteiger partial charge in [-0.1, -0.05) is 28.1 Å². The lowest BCUT2D eigenvalue weighted by Crippen LogP contribution is -2.27. The molecular formula is C11H15BrN2. The molecule has 2 atom stereocenters. The molecule has 1 fully saturated rings. The average molecular weight is 255 g/mol. The number of hydrogen-bond donors (Lipinski definition) is 1. The number of nitrogens with zero attached hydrogens (tertiary/aromatic N) is 1. The normalized spacial score (nSPS) is 28.2. The van der Waals surface area contributed by atoms with E-state index in [1.807, 2.05) is 6.07 Å². The van der Waals surface area contributed by atoms with Gasteiger partial charge in [-0.05, 0) is 24.7 Å². The first kappa shape index (κ1) is 10.1. The largest absolute Gasteiger partial charge is 0.326 e. The van der Waals surface area contributed by atoms with Crippen molar-refractivity contribution in [2.75, 3.05) is 20.1 Å². The monoisotopic (exact) mass is 254 g/mol.